The number of hydrogen-bond acceptors (Lipinski definition) is 11. The molecule has 0 aliphatic rings. The highest BCUT2D eigenvalue weighted by molar-refractivity contribution is 3.02. The van der Waals surface area contributed by atoms with E-state index in [1.807, 2.05) is 0 Å². The molecule has 2 N–H and O–H groups in total. The Morgan fingerprint density at radius 3 is 1.00 bits per heavy atom. The van der Waals surface area contributed by atoms with Gasteiger partial charge < -0.3 is 0 Å². The smallest absolute Gasteiger partial charge is 0.0000000201 e. The van der Waals surface area contributed by atoms with Gasteiger partial charge in [-0.15, -0.1) is 0 Å². The molecule has 11 nitrogen and oxygen atoms in total. The molecule has 0 aromatic carbocycles. The summed E-state index contributed by atoms with van der Waals surface area (Å²) in [6, 6.07) is 0. The maximum Gasteiger partial charge on any atom is -0.0000000201 e. The molecular formula is H2O11. The van der Waals surface area contributed by atoms with E-state index in [9.17, 15) is 0 Å². The van der Waals surface area contributed by atoms with E-state index >= 15 is 0 Å². The topological polar surface area (TPSA) is 124 Å². The highest BCUT2D eigenvalue weighted by atomic mass is 17.9. The Kier molecular flexibility index (Phi) is 9.18. The normalized spacial score (nSPS) is 10.4. The van der Waals surface area contributed by atoms with Gasteiger partial charge in [0.05, 0.1) is 0 Å². The molecule has 0 unspecified atom stereocenters. The molecule has 0 fully saturated rings. The van der Waals surface area contributed by atoms with Crippen LogP contribution in [0, 0.1) is 0 Å². The fraction of sp³-hybridized carbons (Fsp3) is 0. The van der Waals surface area contributed by atoms with Crippen molar-refractivity contribution in [2.45, 2.75) is 0 Å². The second kappa shape index (κ2) is 9.56. The first-order valence-electron chi connectivity index (χ1n) is 1.70. The zero-order chi connectivity index (χ0) is 8.36. The Labute approximate surface area is 57.3 Å². The van der Waals surface area contributed by atoms with Crippen molar-refractivity contribution in [3.05, 3.63) is 0 Å². The Morgan fingerprint density at radius 1 is 0.455 bits per heavy atom. The second-order valence-electron chi connectivity index (χ2n) is 0.625. The molecule has 0 rings (SSSR count). The first kappa shape index (κ1) is 10.6. The van der Waals surface area contributed by atoms with E-state index < -0.39 is 0 Å². The Balaban J connectivity index is 2.69. The van der Waals surface area contributed by atoms with Gasteiger partial charge in [0.1, 0.15) is 0 Å². The van der Waals surface area contributed by atoms with Crippen LogP contribution in [0.2, 0.25) is 0 Å². The van der Waals surface area contributed by atoms with E-state index in [1.54, 1.807) is 0 Å². The van der Waals surface area contributed by atoms with E-state index in [1.165, 1.54) is 0 Å². The summed E-state index contributed by atoms with van der Waals surface area (Å²) in [6.07, 6.45) is 0. The average Bonchev–Trinajstić information content (AvgIpc) is 2.03. The van der Waals surface area contributed by atoms with Crippen molar-refractivity contribution in [2.75, 3.05) is 0 Å². The molecule has 11 heteroatoms. The van der Waals surface area contributed by atoms with Gasteiger partial charge in [-0.25, -0.2) is 10.5 Å². The van der Waals surface area contributed by atoms with Gasteiger partial charge in [0.25, 0.3) is 0 Å². The summed E-state index contributed by atoms with van der Waals surface area (Å²) in [5.74, 6) is 0. The Morgan fingerprint density at radius 2 is 0.727 bits per heavy atom. The van der Waals surface area contributed by atoms with Crippen molar-refractivity contribution in [3.8, 4) is 0 Å². The molecule has 0 aliphatic heterocycles. The molecule has 0 heterocycles. The first-order valence-corrected chi connectivity index (χ1v) is 1.70. The van der Waals surface area contributed by atoms with Crippen LogP contribution in [0.1, 0.15) is 0 Å². The standard InChI is InChI=1S/H2O11/c1-3-5-7-9-11-10-8-6-4-2/h1-2H. The summed E-state index contributed by atoms with van der Waals surface area (Å²) >= 11 is 0. The van der Waals surface area contributed by atoms with Crippen LogP contribution < -0.4 is 0 Å². The lowest BCUT2D eigenvalue weighted by Crippen LogP contribution is -2.01. The van der Waals surface area contributed by atoms with Crippen molar-refractivity contribution in [2.24, 2.45) is 0 Å². The molecule has 0 aromatic heterocycles. The molecule has 0 saturated heterocycles. The average molecular weight is 178 g/mol. The van der Waals surface area contributed by atoms with Crippen molar-refractivity contribution >= 4 is 0 Å². The molecular weight excluding hydrogens is 176 g/mol. The Bertz CT molecular complexity index is 49.1. The van der Waals surface area contributed by atoms with Gasteiger partial charge in [-0.05, 0) is 45.3 Å². The molecule has 0 spiro atoms. The quantitative estimate of drug-likeness (QED) is 0.281. The zero-order valence-corrected chi connectivity index (χ0v) is 4.57. The summed E-state index contributed by atoms with van der Waals surface area (Å²) < 4.78 is 0. The minimum Gasteiger partial charge on any atom is -0.219 e. The SMILES string of the molecule is OOOOOOOOOOO. The van der Waals surface area contributed by atoms with E-state index in [-0.39, 0.29) is 0 Å². The molecule has 0 aromatic rings. The van der Waals surface area contributed by atoms with Gasteiger partial charge in [-0.1, -0.05) is 0 Å². The second-order valence-corrected chi connectivity index (χ2v) is 0.625. The minimum atomic E-state index is 2.85. The number of rotatable bonds is 8. The van der Waals surface area contributed by atoms with Crippen LogP contribution in [-0.2, 0) is 45.3 Å². The molecule has 0 bridgehead atoms. The lowest BCUT2D eigenvalue weighted by Gasteiger charge is -1.94. The summed E-state index contributed by atoms with van der Waals surface area (Å²) in [6.45, 7) is 0. The zero-order valence-electron chi connectivity index (χ0n) is 4.57. The van der Waals surface area contributed by atoms with Crippen molar-refractivity contribution in [1.29, 1.82) is 0 Å². The molecule has 11 heavy (non-hydrogen) atoms. The summed E-state index contributed by atoms with van der Waals surface area (Å²) in [7, 11) is 0. The fourth-order valence-corrected chi connectivity index (χ4v) is 0.0815. The first-order chi connectivity index (χ1) is 5.41. The van der Waals surface area contributed by atoms with Crippen molar-refractivity contribution in [1.82, 2.24) is 0 Å². The predicted molar refractivity (Wildman–Crippen MR) is 15.0 cm³/mol. The third-order valence-electron chi connectivity index (χ3n) is 0.228. The fourth-order valence-electron chi connectivity index (χ4n) is 0.0815. The molecule has 0 aliphatic carbocycles. The van der Waals surface area contributed by atoms with E-state index in [2.05, 4.69) is 45.3 Å². The van der Waals surface area contributed by atoms with Crippen LogP contribution >= 0.6 is 0 Å². The Hall–Kier alpha value is -0.440. The maximum absolute atomic E-state index is 7.37. The van der Waals surface area contributed by atoms with Crippen LogP contribution in [0.15, 0.2) is 0 Å². The maximum atomic E-state index is 7.37. The monoisotopic (exact) mass is 178 g/mol. The highest BCUT2D eigenvalue weighted by Crippen LogP contribution is 1.87. The van der Waals surface area contributed by atoms with E-state index in [0.29, 0.717) is 0 Å². The summed E-state index contributed by atoms with van der Waals surface area (Å²) in [4.78, 5) is 0. The van der Waals surface area contributed by atoms with Crippen molar-refractivity contribution < 1.29 is 55.9 Å². The van der Waals surface area contributed by atoms with Gasteiger partial charge in [0.2, 0.25) is 0 Å². The molecule has 68 valence electrons. The van der Waals surface area contributed by atoms with Crippen LogP contribution in [0.5, 0.6) is 0 Å². The highest BCUT2D eigenvalue weighted by Gasteiger charge is 1.93. The van der Waals surface area contributed by atoms with E-state index in [0.717, 1.165) is 0 Å². The minimum absolute atomic E-state index is 2.85. The van der Waals surface area contributed by atoms with Gasteiger partial charge in [0.15, 0.2) is 0 Å². The summed E-state index contributed by atoms with van der Waals surface area (Å²) in [5.41, 5.74) is 0. The van der Waals surface area contributed by atoms with Crippen LogP contribution in [0.25, 0.3) is 0 Å². The largest absolute Gasteiger partial charge is 0.219 e. The van der Waals surface area contributed by atoms with Gasteiger partial charge in [0, 0.05) is 0 Å². The van der Waals surface area contributed by atoms with Crippen molar-refractivity contribution in [3.63, 3.8) is 0 Å². The third-order valence-corrected chi connectivity index (χ3v) is 0.228. The number of hydrogen-bond donors (Lipinski definition) is 2. The molecule has 0 amide bonds. The van der Waals surface area contributed by atoms with Gasteiger partial charge in [-0.2, -0.15) is 0 Å². The predicted octanol–water partition coefficient (Wildman–Crippen LogP) is -0.598. The van der Waals surface area contributed by atoms with Crippen LogP contribution in [-0.4, -0.2) is 10.5 Å². The molecule has 0 atom stereocenters. The summed E-state index contributed by atoms with van der Waals surface area (Å²) in [5, 5.41) is 43.5. The van der Waals surface area contributed by atoms with Crippen LogP contribution in [0.3, 0.4) is 0 Å². The van der Waals surface area contributed by atoms with E-state index in [4.69, 9.17) is 10.5 Å². The lowest BCUT2D eigenvalue weighted by atomic mass is 14.1. The van der Waals surface area contributed by atoms with Gasteiger partial charge in [-0.3, -0.25) is 0 Å². The molecule has 0 saturated carbocycles. The van der Waals surface area contributed by atoms with Crippen LogP contribution in [0.4, 0.5) is 0 Å². The van der Waals surface area contributed by atoms with Gasteiger partial charge >= 0.3 is 0 Å². The lowest BCUT2D eigenvalue weighted by molar-refractivity contribution is -0.853. The molecule has 0 radical (unpaired) electrons. The third kappa shape index (κ3) is 9.56.